The molecule has 1 aliphatic heterocycles. The van der Waals surface area contributed by atoms with Gasteiger partial charge in [-0.1, -0.05) is 11.6 Å². The number of ketones is 1. The maximum Gasteiger partial charge on any atom is 0.321 e. The van der Waals surface area contributed by atoms with Gasteiger partial charge >= 0.3 is 6.03 Å². The van der Waals surface area contributed by atoms with Gasteiger partial charge in [-0.3, -0.25) is 4.79 Å². The molecule has 1 fully saturated rings. The molecule has 0 aromatic heterocycles. The monoisotopic (exact) mass is 371 g/mol. The minimum absolute atomic E-state index is 0.0106. The molecule has 1 saturated heterocycles. The van der Waals surface area contributed by atoms with E-state index < -0.39 is 0 Å². The van der Waals surface area contributed by atoms with Gasteiger partial charge in [-0.25, -0.2) is 4.79 Å². The molecule has 0 unspecified atom stereocenters. The third-order valence-electron chi connectivity index (χ3n) is 4.61. The first-order valence-corrected chi connectivity index (χ1v) is 9.00. The minimum atomic E-state index is -0.118. The molecule has 2 aromatic rings. The molecule has 0 radical (unpaired) electrons. The van der Waals surface area contributed by atoms with Crippen LogP contribution in [0, 0.1) is 6.92 Å². The van der Waals surface area contributed by atoms with Gasteiger partial charge in [-0.05, 0) is 61.9 Å². The van der Waals surface area contributed by atoms with E-state index >= 15 is 0 Å². The van der Waals surface area contributed by atoms with Crippen LogP contribution in [0.2, 0.25) is 5.02 Å². The fraction of sp³-hybridized carbons (Fsp3) is 0.300. The molecule has 5 nitrogen and oxygen atoms in total. The Morgan fingerprint density at radius 1 is 1.00 bits per heavy atom. The molecule has 26 heavy (non-hydrogen) atoms. The Morgan fingerprint density at radius 2 is 1.65 bits per heavy atom. The molecule has 0 bridgehead atoms. The molecule has 136 valence electrons. The zero-order valence-electron chi connectivity index (χ0n) is 15.0. The zero-order chi connectivity index (χ0) is 18.7. The zero-order valence-corrected chi connectivity index (χ0v) is 15.7. The first kappa shape index (κ1) is 18.3. The highest BCUT2D eigenvalue weighted by atomic mass is 35.5. The summed E-state index contributed by atoms with van der Waals surface area (Å²) in [6.07, 6.45) is 0. The van der Waals surface area contributed by atoms with Gasteiger partial charge in [-0.2, -0.15) is 0 Å². The second-order valence-corrected chi connectivity index (χ2v) is 6.91. The predicted octanol–water partition coefficient (Wildman–Crippen LogP) is 4.21. The molecule has 0 saturated carbocycles. The number of hydrogen-bond acceptors (Lipinski definition) is 3. The number of amides is 2. The lowest BCUT2D eigenvalue weighted by molar-refractivity contribution is 0.101. The largest absolute Gasteiger partial charge is 0.368 e. The van der Waals surface area contributed by atoms with E-state index in [1.807, 2.05) is 25.1 Å². The number of piperazine rings is 1. The Labute approximate surface area is 158 Å². The highest BCUT2D eigenvalue weighted by Crippen LogP contribution is 2.24. The molecule has 2 amide bonds. The van der Waals surface area contributed by atoms with Crippen molar-refractivity contribution in [2.75, 3.05) is 36.4 Å². The van der Waals surface area contributed by atoms with Gasteiger partial charge in [0.25, 0.3) is 0 Å². The van der Waals surface area contributed by atoms with Crippen molar-refractivity contribution in [3.63, 3.8) is 0 Å². The fourth-order valence-electron chi connectivity index (χ4n) is 3.11. The standard InChI is InChI=1S/C20H22ClN3O2/c1-14-13-17(21)5-8-19(14)23-9-11-24(12-10-23)20(26)22-18-6-3-16(4-7-18)15(2)25/h3-8,13H,9-12H2,1-2H3,(H,22,26). The van der Waals surface area contributed by atoms with Crippen molar-refractivity contribution in [3.8, 4) is 0 Å². The van der Waals surface area contributed by atoms with Crippen molar-refractivity contribution in [1.29, 1.82) is 0 Å². The highest BCUT2D eigenvalue weighted by molar-refractivity contribution is 6.30. The Balaban J connectivity index is 1.57. The van der Waals surface area contributed by atoms with Gasteiger partial charge in [0.1, 0.15) is 0 Å². The lowest BCUT2D eigenvalue weighted by Gasteiger charge is -2.36. The number of rotatable bonds is 3. The summed E-state index contributed by atoms with van der Waals surface area (Å²) in [6.45, 7) is 6.43. The first-order valence-electron chi connectivity index (χ1n) is 8.62. The third kappa shape index (κ3) is 4.17. The smallest absolute Gasteiger partial charge is 0.321 e. The highest BCUT2D eigenvalue weighted by Gasteiger charge is 2.22. The van der Waals surface area contributed by atoms with Crippen molar-refractivity contribution < 1.29 is 9.59 Å². The number of Topliss-reactive ketones (excluding diaryl/α,β-unsaturated/α-hetero) is 1. The average molecular weight is 372 g/mol. The van der Waals surface area contributed by atoms with Crippen LogP contribution in [0.5, 0.6) is 0 Å². The molecule has 0 atom stereocenters. The van der Waals surface area contributed by atoms with Crippen LogP contribution < -0.4 is 10.2 Å². The maximum absolute atomic E-state index is 12.5. The van der Waals surface area contributed by atoms with Gasteiger partial charge in [-0.15, -0.1) is 0 Å². The predicted molar refractivity (Wildman–Crippen MR) is 105 cm³/mol. The number of aryl methyl sites for hydroxylation is 1. The Morgan fingerprint density at radius 3 is 2.23 bits per heavy atom. The van der Waals surface area contributed by atoms with Crippen LogP contribution in [0.1, 0.15) is 22.8 Å². The van der Waals surface area contributed by atoms with Crippen molar-refractivity contribution in [2.45, 2.75) is 13.8 Å². The van der Waals surface area contributed by atoms with Gasteiger partial charge in [0.05, 0.1) is 0 Å². The van der Waals surface area contributed by atoms with Gasteiger partial charge in [0.15, 0.2) is 5.78 Å². The summed E-state index contributed by atoms with van der Waals surface area (Å²) < 4.78 is 0. The number of hydrogen-bond donors (Lipinski definition) is 1. The van der Waals surface area contributed by atoms with Gasteiger partial charge < -0.3 is 15.1 Å². The molecule has 0 aliphatic carbocycles. The van der Waals surface area contributed by atoms with E-state index in [0.29, 0.717) is 24.3 Å². The van der Waals surface area contributed by atoms with Crippen molar-refractivity contribution in [3.05, 3.63) is 58.6 Å². The van der Waals surface area contributed by atoms with Crippen LogP contribution in [-0.4, -0.2) is 42.9 Å². The van der Waals surface area contributed by atoms with Crippen LogP contribution in [0.25, 0.3) is 0 Å². The molecule has 1 heterocycles. The summed E-state index contributed by atoms with van der Waals surface area (Å²) in [5.41, 5.74) is 3.63. The number of carbonyl (C=O) groups is 2. The van der Waals surface area contributed by atoms with E-state index in [1.54, 1.807) is 29.2 Å². The lowest BCUT2D eigenvalue weighted by Crippen LogP contribution is -2.50. The van der Waals surface area contributed by atoms with Crippen molar-refractivity contribution >= 4 is 34.8 Å². The van der Waals surface area contributed by atoms with Crippen molar-refractivity contribution in [1.82, 2.24) is 4.90 Å². The summed E-state index contributed by atoms with van der Waals surface area (Å²) in [6, 6.07) is 12.7. The van der Waals surface area contributed by atoms with E-state index in [0.717, 1.165) is 29.4 Å². The topological polar surface area (TPSA) is 52.7 Å². The van der Waals surface area contributed by atoms with E-state index in [9.17, 15) is 9.59 Å². The molecule has 3 rings (SSSR count). The van der Waals surface area contributed by atoms with Crippen LogP contribution in [-0.2, 0) is 0 Å². The summed E-state index contributed by atoms with van der Waals surface area (Å²) in [5, 5.41) is 3.63. The summed E-state index contributed by atoms with van der Waals surface area (Å²) in [4.78, 5) is 27.8. The minimum Gasteiger partial charge on any atom is -0.368 e. The SMILES string of the molecule is CC(=O)c1ccc(NC(=O)N2CCN(c3ccc(Cl)cc3C)CC2)cc1. The molecule has 6 heteroatoms. The third-order valence-corrected chi connectivity index (χ3v) is 4.84. The molecular formula is C20H22ClN3O2. The second-order valence-electron chi connectivity index (χ2n) is 6.47. The second kappa shape index (κ2) is 7.79. The molecule has 0 spiro atoms. The van der Waals surface area contributed by atoms with Crippen LogP contribution in [0.3, 0.4) is 0 Å². The Hall–Kier alpha value is -2.53. The summed E-state index contributed by atoms with van der Waals surface area (Å²) in [5.74, 6) is 0.0106. The average Bonchev–Trinajstić information content (AvgIpc) is 2.62. The normalized spacial score (nSPS) is 14.3. The number of halogens is 1. The van der Waals surface area contributed by atoms with E-state index in [2.05, 4.69) is 10.2 Å². The fourth-order valence-corrected chi connectivity index (χ4v) is 3.34. The number of nitrogens with zero attached hydrogens (tertiary/aromatic N) is 2. The Kier molecular flexibility index (Phi) is 5.47. The van der Waals surface area contributed by atoms with Crippen LogP contribution in [0.15, 0.2) is 42.5 Å². The summed E-state index contributed by atoms with van der Waals surface area (Å²) in [7, 11) is 0. The first-order chi connectivity index (χ1) is 12.4. The van der Waals surface area contributed by atoms with Gasteiger partial charge in [0, 0.05) is 48.1 Å². The molecule has 1 N–H and O–H groups in total. The van der Waals surface area contributed by atoms with E-state index in [4.69, 9.17) is 11.6 Å². The summed E-state index contributed by atoms with van der Waals surface area (Å²) >= 11 is 6.03. The van der Waals surface area contributed by atoms with Gasteiger partial charge in [0.2, 0.25) is 0 Å². The number of anilines is 2. The molecule has 2 aromatic carbocycles. The van der Waals surface area contributed by atoms with Crippen molar-refractivity contribution in [2.24, 2.45) is 0 Å². The number of nitrogens with one attached hydrogen (secondary N) is 1. The Bertz CT molecular complexity index is 812. The quantitative estimate of drug-likeness (QED) is 0.822. The molecule has 1 aliphatic rings. The van der Waals surface area contributed by atoms with E-state index in [1.165, 1.54) is 6.92 Å². The maximum atomic E-state index is 12.5. The number of carbonyl (C=O) groups excluding carboxylic acids is 2. The number of urea groups is 1. The number of benzene rings is 2. The van der Waals surface area contributed by atoms with Crippen LogP contribution in [0.4, 0.5) is 16.2 Å². The van der Waals surface area contributed by atoms with Crippen LogP contribution >= 0.6 is 11.6 Å². The molecular weight excluding hydrogens is 350 g/mol. The lowest BCUT2D eigenvalue weighted by atomic mass is 10.1. The van der Waals surface area contributed by atoms with E-state index in [-0.39, 0.29) is 11.8 Å².